The molecule has 1 aliphatic heterocycles. The summed E-state index contributed by atoms with van der Waals surface area (Å²) in [5.41, 5.74) is 0. The van der Waals surface area contributed by atoms with Crippen LogP contribution in [0.5, 0.6) is 0 Å². The molecule has 0 aromatic rings. The maximum absolute atomic E-state index is 12.2. The fourth-order valence-corrected chi connectivity index (χ4v) is 3.16. The van der Waals surface area contributed by atoms with Gasteiger partial charge in [-0.3, -0.25) is 4.72 Å². The maximum Gasteiger partial charge on any atom is 0.108 e. The normalized spacial score (nSPS) is 30.5. The van der Waals surface area contributed by atoms with Crippen molar-refractivity contribution in [2.75, 3.05) is 26.0 Å². The topological polar surface area (TPSA) is 15.3 Å². The van der Waals surface area contributed by atoms with Gasteiger partial charge in [-0.15, -0.1) is 0 Å². The summed E-state index contributed by atoms with van der Waals surface area (Å²) in [7, 11) is 2.16. The van der Waals surface area contributed by atoms with Crippen LogP contribution in [0.2, 0.25) is 0 Å². The lowest BCUT2D eigenvalue weighted by atomic mass is 9.91. The number of allylic oxidation sites excluding steroid dienone is 1. The first-order valence-corrected chi connectivity index (χ1v) is 6.99. The van der Waals surface area contributed by atoms with Crippen LogP contribution in [0.1, 0.15) is 20.3 Å². The SMILES string of the molecule is CCC(/C=C\CF)C1NSCCN(C)C1C. The van der Waals surface area contributed by atoms with Gasteiger partial charge in [0.05, 0.1) is 0 Å². The van der Waals surface area contributed by atoms with Crippen LogP contribution in [-0.2, 0) is 0 Å². The quantitative estimate of drug-likeness (QED) is 0.606. The molecule has 1 rings (SSSR count). The number of rotatable bonds is 4. The summed E-state index contributed by atoms with van der Waals surface area (Å²) in [5.74, 6) is 1.53. The number of likely N-dealkylation sites (N-methyl/N-ethyl adjacent to an activating group) is 1. The van der Waals surface area contributed by atoms with Gasteiger partial charge in [0.2, 0.25) is 0 Å². The van der Waals surface area contributed by atoms with Gasteiger partial charge in [-0.2, -0.15) is 0 Å². The number of nitrogens with zero attached hydrogens (tertiary/aromatic N) is 1. The van der Waals surface area contributed by atoms with Crippen LogP contribution in [0.4, 0.5) is 4.39 Å². The lowest BCUT2D eigenvalue weighted by Gasteiger charge is -2.32. The Morgan fingerprint density at radius 3 is 3.00 bits per heavy atom. The van der Waals surface area contributed by atoms with E-state index in [0.717, 1.165) is 18.7 Å². The van der Waals surface area contributed by atoms with Crippen molar-refractivity contribution in [1.82, 2.24) is 9.62 Å². The van der Waals surface area contributed by atoms with Gasteiger partial charge in [0, 0.05) is 24.4 Å². The molecule has 0 saturated carbocycles. The Kier molecular flexibility index (Phi) is 6.39. The summed E-state index contributed by atoms with van der Waals surface area (Å²) in [4.78, 5) is 2.38. The number of halogens is 1. The van der Waals surface area contributed by atoms with Crippen molar-refractivity contribution < 1.29 is 4.39 Å². The van der Waals surface area contributed by atoms with Crippen molar-refractivity contribution in [2.45, 2.75) is 32.4 Å². The Hall–Kier alpha value is -0.0600. The highest BCUT2D eigenvalue weighted by Crippen LogP contribution is 2.22. The van der Waals surface area contributed by atoms with Crippen molar-refractivity contribution in [1.29, 1.82) is 0 Å². The maximum atomic E-state index is 12.2. The molecule has 0 aliphatic carbocycles. The minimum Gasteiger partial charge on any atom is -0.301 e. The molecule has 1 saturated heterocycles. The first kappa shape index (κ1) is 14.0. The lowest BCUT2D eigenvalue weighted by Crippen LogP contribution is -2.46. The van der Waals surface area contributed by atoms with E-state index in [1.807, 2.05) is 6.08 Å². The fraction of sp³-hybridized carbons (Fsp3) is 0.833. The second-order valence-electron chi connectivity index (χ2n) is 4.37. The average Bonchev–Trinajstić information content (AvgIpc) is 2.45. The molecule has 0 radical (unpaired) electrons. The number of hydrogen-bond acceptors (Lipinski definition) is 3. The fourth-order valence-electron chi connectivity index (χ4n) is 2.10. The zero-order chi connectivity index (χ0) is 12.0. The second kappa shape index (κ2) is 7.30. The van der Waals surface area contributed by atoms with Crippen molar-refractivity contribution in [3.05, 3.63) is 12.2 Å². The monoisotopic (exact) mass is 246 g/mol. The summed E-state index contributed by atoms with van der Waals surface area (Å²) in [6.07, 6.45) is 4.71. The highest BCUT2D eigenvalue weighted by atomic mass is 32.2. The number of hydrogen-bond donors (Lipinski definition) is 1. The lowest BCUT2D eigenvalue weighted by molar-refractivity contribution is 0.211. The second-order valence-corrected chi connectivity index (χ2v) is 5.30. The van der Waals surface area contributed by atoms with Gasteiger partial charge in [0.15, 0.2) is 0 Å². The molecule has 0 aromatic carbocycles. The van der Waals surface area contributed by atoms with E-state index in [2.05, 4.69) is 30.5 Å². The summed E-state index contributed by atoms with van der Waals surface area (Å²) < 4.78 is 15.7. The Morgan fingerprint density at radius 1 is 1.62 bits per heavy atom. The minimum absolute atomic E-state index is 0.361. The van der Waals surface area contributed by atoms with Gasteiger partial charge >= 0.3 is 0 Å². The molecule has 0 aromatic heterocycles. The number of alkyl halides is 1. The van der Waals surface area contributed by atoms with Crippen LogP contribution in [0.25, 0.3) is 0 Å². The Bertz CT molecular complexity index is 223. The van der Waals surface area contributed by atoms with E-state index in [9.17, 15) is 4.39 Å². The van der Waals surface area contributed by atoms with Gasteiger partial charge in [0.1, 0.15) is 6.67 Å². The summed E-state index contributed by atoms with van der Waals surface area (Å²) in [5, 5.41) is 0. The molecule has 1 N–H and O–H groups in total. The van der Waals surface area contributed by atoms with Crippen LogP contribution in [0.3, 0.4) is 0 Å². The molecule has 0 amide bonds. The molecule has 3 atom stereocenters. The molecule has 2 nitrogen and oxygen atoms in total. The zero-order valence-electron chi connectivity index (χ0n) is 10.4. The van der Waals surface area contributed by atoms with E-state index >= 15 is 0 Å². The summed E-state index contributed by atoms with van der Waals surface area (Å²) >= 11 is 1.79. The molecule has 1 aliphatic rings. The highest BCUT2D eigenvalue weighted by Gasteiger charge is 2.28. The van der Waals surface area contributed by atoms with Crippen LogP contribution in [-0.4, -0.2) is 43.0 Å². The summed E-state index contributed by atoms with van der Waals surface area (Å²) in [6.45, 7) is 5.16. The average molecular weight is 246 g/mol. The van der Waals surface area contributed by atoms with E-state index in [-0.39, 0.29) is 6.67 Å². The molecule has 1 heterocycles. The zero-order valence-corrected chi connectivity index (χ0v) is 11.3. The van der Waals surface area contributed by atoms with Crippen LogP contribution < -0.4 is 4.72 Å². The van der Waals surface area contributed by atoms with Gasteiger partial charge in [-0.1, -0.05) is 31.0 Å². The summed E-state index contributed by atoms with van der Waals surface area (Å²) in [6, 6.07) is 0.898. The van der Waals surface area contributed by atoms with Gasteiger partial charge in [-0.05, 0) is 26.3 Å². The number of nitrogens with one attached hydrogen (secondary N) is 1. The molecular weight excluding hydrogens is 223 g/mol. The third-order valence-corrected chi connectivity index (χ3v) is 4.21. The van der Waals surface area contributed by atoms with E-state index in [0.29, 0.717) is 18.0 Å². The van der Waals surface area contributed by atoms with Gasteiger partial charge in [0.25, 0.3) is 0 Å². The molecule has 4 heteroatoms. The van der Waals surface area contributed by atoms with Crippen molar-refractivity contribution in [3.8, 4) is 0 Å². The highest BCUT2D eigenvalue weighted by molar-refractivity contribution is 7.97. The van der Waals surface area contributed by atoms with Crippen LogP contribution in [0.15, 0.2) is 12.2 Å². The third kappa shape index (κ3) is 3.75. The molecule has 1 fully saturated rings. The van der Waals surface area contributed by atoms with Gasteiger partial charge < -0.3 is 4.90 Å². The van der Waals surface area contributed by atoms with E-state index in [1.54, 1.807) is 18.0 Å². The van der Waals surface area contributed by atoms with Crippen molar-refractivity contribution in [2.24, 2.45) is 5.92 Å². The van der Waals surface area contributed by atoms with E-state index in [1.165, 1.54) is 0 Å². The minimum atomic E-state index is -0.361. The largest absolute Gasteiger partial charge is 0.301 e. The predicted molar refractivity (Wildman–Crippen MR) is 70.4 cm³/mol. The van der Waals surface area contributed by atoms with Crippen LogP contribution in [0, 0.1) is 5.92 Å². The van der Waals surface area contributed by atoms with Crippen LogP contribution >= 0.6 is 11.9 Å². The van der Waals surface area contributed by atoms with Crippen molar-refractivity contribution >= 4 is 11.9 Å². The molecule has 0 bridgehead atoms. The molecule has 0 spiro atoms. The van der Waals surface area contributed by atoms with E-state index in [4.69, 9.17) is 0 Å². The van der Waals surface area contributed by atoms with E-state index < -0.39 is 0 Å². The first-order valence-electron chi connectivity index (χ1n) is 6.00. The third-order valence-electron chi connectivity index (χ3n) is 3.39. The predicted octanol–water partition coefficient (Wildman–Crippen LogP) is 2.48. The Labute approximate surface area is 103 Å². The standard InChI is InChI=1S/C12H23FN2S/c1-4-11(6-5-7-13)12-10(2)15(3)8-9-16-14-12/h5-6,10-12,14H,4,7-9H2,1-3H3/b6-5-. The Morgan fingerprint density at radius 2 is 2.38 bits per heavy atom. The smallest absolute Gasteiger partial charge is 0.108 e. The first-order chi connectivity index (χ1) is 7.70. The molecule has 94 valence electrons. The Balaban J connectivity index is 2.68. The molecule has 16 heavy (non-hydrogen) atoms. The van der Waals surface area contributed by atoms with Gasteiger partial charge in [-0.25, -0.2) is 4.39 Å². The van der Waals surface area contributed by atoms with Crippen molar-refractivity contribution in [3.63, 3.8) is 0 Å². The molecule has 3 unspecified atom stereocenters. The molecular formula is C12H23FN2S.